The largest absolute Gasteiger partial charge is 0.340 e. The van der Waals surface area contributed by atoms with Gasteiger partial charge >= 0.3 is 0 Å². The molecule has 0 atom stereocenters. The summed E-state index contributed by atoms with van der Waals surface area (Å²) in [6.45, 7) is 5.42. The summed E-state index contributed by atoms with van der Waals surface area (Å²) in [5.74, 6) is 0. The van der Waals surface area contributed by atoms with Crippen LogP contribution in [-0.2, 0) is 6.54 Å². The van der Waals surface area contributed by atoms with E-state index < -0.39 is 0 Å². The minimum Gasteiger partial charge on any atom is -0.340 e. The lowest BCUT2D eigenvalue weighted by molar-refractivity contribution is 0.638. The van der Waals surface area contributed by atoms with E-state index in [0.717, 1.165) is 18.0 Å². The number of halogens is 1. The van der Waals surface area contributed by atoms with Crippen molar-refractivity contribution in [3.8, 4) is 11.1 Å². The van der Waals surface area contributed by atoms with E-state index in [1.54, 1.807) is 11.8 Å². The van der Waals surface area contributed by atoms with Crippen LogP contribution in [0.3, 0.4) is 0 Å². The maximum Gasteiger partial charge on any atom is 0.0524 e. The molecule has 0 unspecified atom stereocenters. The number of thioether (sulfide) groups is 1. The Labute approximate surface area is 146 Å². The maximum absolute atomic E-state index is 6.10. The van der Waals surface area contributed by atoms with Crippen LogP contribution in [0.25, 0.3) is 27.6 Å². The molecule has 1 aliphatic heterocycles. The summed E-state index contributed by atoms with van der Waals surface area (Å²) in [6, 6.07) is 14.8. The Morgan fingerprint density at radius 2 is 1.91 bits per heavy atom. The van der Waals surface area contributed by atoms with Gasteiger partial charge in [0.1, 0.15) is 0 Å². The standard InChI is InChI=1S/C20H18ClNS/c1-13-5-4-12-22-16-6-3-7-17(23-2)19(16)18(20(13)22)14-8-10-15(21)11-9-14/h3,6-11H,1,4-5,12H2,2H3. The number of benzene rings is 2. The van der Waals surface area contributed by atoms with Gasteiger partial charge in [-0.2, -0.15) is 0 Å². The molecule has 1 aromatic heterocycles. The van der Waals surface area contributed by atoms with Crippen molar-refractivity contribution in [2.75, 3.05) is 6.26 Å². The van der Waals surface area contributed by atoms with Gasteiger partial charge in [0, 0.05) is 27.4 Å². The molecular formula is C20H18ClNS. The molecule has 0 amide bonds. The van der Waals surface area contributed by atoms with Crippen LogP contribution in [-0.4, -0.2) is 10.8 Å². The second kappa shape index (κ2) is 5.77. The van der Waals surface area contributed by atoms with Gasteiger partial charge in [-0.15, -0.1) is 11.8 Å². The van der Waals surface area contributed by atoms with E-state index in [9.17, 15) is 0 Å². The van der Waals surface area contributed by atoms with Crippen LogP contribution >= 0.6 is 23.4 Å². The summed E-state index contributed by atoms with van der Waals surface area (Å²) in [7, 11) is 0. The van der Waals surface area contributed by atoms with Gasteiger partial charge in [0.15, 0.2) is 0 Å². The first kappa shape index (κ1) is 14.9. The monoisotopic (exact) mass is 339 g/mol. The summed E-state index contributed by atoms with van der Waals surface area (Å²) in [5, 5.41) is 2.12. The Hall–Kier alpha value is -1.64. The zero-order valence-corrected chi connectivity index (χ0v) is 14.7. The first-order valence-corrected chi connectivity index (χ1v) is 9.44. The molecule has 0 aliphatic carbocycles. The topological polar surface area (TPSA) is 4.93 Å². The number of rotatable bonds is 2. The number of nitrogens with zero attached hydrogens (tertiary/aromatic N) is 1. The molecule has 0 saturated heterocycles. The fourth-order valence-electron chi connectivity index (χ4n) is 3.61. The number of allylic oxidation sites excluding steroid dienone is 1. The van der Waals surface area contributed by atoms with Gasteiger partial charge in [-0.05, 0) is 54.5 Å². The maximum atomic E-state index is 6.10. The van der Waals surface area contributed by atoms with Gasteiger partial charge < -0.3 is 4.57 Å². The molecule has 0 fully saturated rings. The predicted molar refractivity (Wildman–Crippen MR) is 102 cm³/mol. The summed E-state index contributed by atoms with van der Waals surface area (Å²) in [6.07, 6.45) is 4.39. The van der Waals surface area contributed by atoms with Gasteiger partial charge in [-0.1, -0.05) is 36.4 Å². The van der Waals surface area contributed by atoms with Crippen LogP contribution in [0.2, 0.25) is 5.02 Å². The molecule has 2 aromatic carbocycles. The third-order valence-electron chi connectivity index (χ3n) is 4.60. The van der Waals surface area contributed by atoms with Crippen molar-refractivity contribution in [3.05, 3.63) is 59.8 Å². The zero-order chi connectivity index (χ0) is 16.0. The van der Waals surface area contributed by atoms with Crippen molar-refractivity contribution in [2.45, 2.75) is 24.3 Å². The fourth-order valence-corrected chi connectivity index (χ4v) is 4.36. The highest BCUT2D eigenvalue weighted by Gasteiger charge is 2.24. The first-order valence-electron chi connectivity index (χ1n) is 7.84. The van der Waals surface area contributed by atoms with Crippen molar-refractivity contribution < 1.29 is 0 Å². The molecule has 3 heteroatoms. The van der Waals surface area contributed by atoms with Crippen molar-refractivity contribution in [2.24, 2.45) is 0 Å². The van der Waals surface area contributed by atoms with E-state index in [2.05, 4.69) is 47.7 Å². The van der Waals surface area contributed by atoms with E-state index in [1.807, 2.05) is 12.1 Å². The van der Waals surface area contributed by atoms with E-state index >= 15 is 0 Å². The zero-order valence-electron chi connectivity index (χ0n) is 13.1. The predicted octanol–water partition coefficient (Wildman–Crippen LogP) is 6.49. The highest BCUT2D eigenvalue weighted by molar-refractivity contribution is 7.98. The average Bonchev–Trinajstić information content (AvgIpc) is 2.92. The van der Waals surface area contributed by atoms with Crippen LogP contribution < -0.4 is 0 Å². The summed E-state index contributed by atoms with van der Waals surface area (Å²) < 4.78 is 2.45. The molecule has 23 heavy (non-hydrogen) atoms. The number of aryl methyl sites for hydroxylation is 1. The Balaban J connectivity index is 2.14. The number of aromatic nitrogens is 1. The number of hydrogen-bond donors (Lipinski definition) is 0. The Kier molecular flexibility index (Phi) is 3.74. The summed E-state index contributed by atoms with van der Waals surface area (Å²) >= 11 is 7.90. The third-order valence-corrected chi connectivity index (χ3v) is 5.63. The van der Waals surface area contributed by atoms with Crippen molar-refractivity contribution >= 4 is 39.8 Å². The van der Waals surface area contributed by atoms with E-state index in [4.69, 9.17) is 11.6 Å². The lowest BCUT2D eigenvalue weighted by Crippen LogP contribution is -2.08. The highest BCUT2D eigenvalue weighted by Crippen LogP contribution is 2.44. The molecule has 0 spiro atoms. The quantitative estimate of drug-likeness (QED) is 0.483. The number of hydrogen-bond acceptors (Lipinski definition) is 1. The van der Waals surface area contributed by atoms with Gasteiger partial charge in [-0.25, -0.2) is 0 Å². The number of fused-ring (bicyclic) bond motifs is 3. The smallest absolute Gasteiger partial charge is 0.0524 e. The van der Waals surface area contributed by atoms with Crippen LogP contribution in [0.1, 0.15) is 18.5 Å². The second-order valence-electron chi connectivity index (χ2n) is 5.94. The van der Waals surface area contributed by atoms with Crippen molar-refractivity contribution in [1.82, 2.24) is 4.57 Å². The van der Waals surface area contributed by atoms with E-state index in [0.29, 0.717) is 0 Å². The first-order chi connectivity index (χ1) is 11.2. The van der Waals surface area contributed by atoms with Gasteiger partial charge in [-0.3, -0.25) is 0 Å². The molecule has 0 bridgehead atoms. The Bertz CT molecular complexity index is 906. The lowest BCUT2D eigenvalue weighted by atomic mass is 9.96. The van der Waals surface area contributed by atoms with Gasteiger partial charge in [0.05, 0.1) is 11.2 Å². The molecule has 3 aromatic rings. The second-order valence-corrected chi connectivity index (χ2v) is 7.23. The average molecular weight is 340 g/mol. The highest BCUT2D eigenvalue weighted by atomic mass is 35.5. The van der Waals surface area contributed by atoms with Crippen LogP contribution in [0.4, 0.5) is 0 Å². The minimum atomic E-state index is 0.773. The molecule has 116 valence electrons. The molecular weight excluding hydrogens is 322 g/mol. The minimum absolute atomic E-state index is 0.773. The van der Waals surface area contributed by atoms with Crippen LogP contribution in [0.15, 0.2) is 53.9 Å². The van der Waals surface area contributed by atoms with Gasteiger partial charge in [0.25, 0.3) is 0 Å². The Morgan fingerprint density at radius 1 is 1.13 bits per heavy atom. The molecule has 0 N–H and O–H groups in total. The summed E-state index contributed by atoms with van der Waals surface area (Å²) in [5.41, 5.74) is 6.39. The molecule has 0 radical (unpaired) electrons. The molecule has 2 heterocycles. The lowest BCUT2D eigenvalue weighted by Gasteiger charge is -2.20. The third kappa shape index (κ3) is 2.32. The van der Waals surface area contributed by atoms with Crippen LogP contribution in [0, 0.1) is 0 Å². The van der Waals surface area contributed by atoms with Crippen molar-refractivity contribution in [3.63, 3.8) is 0 Å². The molecule has 1 aliphatic rings. The molecule has 0 saturated carbocycles. The van der Waals surface area contributed by atoms with E-state index in [-0.39, 0.29) is 0 Å². The van der Waals surface area contributed by atoms with Crippen LogP contribution in [0.5, 0.6) is 0 Å². The fraction of sp³-hybridized carbons (Fsp3) is 0.200. The van der Waals surface area contributed by atoms with Crippen molar-refractivity contribution in [1.29, 1.82) is 0 Å². The van der Waals surface area contributed by atoms with E-state index in [1.165, 1.54) is 44.6 Å². The SMILES string of the molecule is C=C1CCCn2c1c(-c1ccc(Cl)cc1)c1c(SC)cccc12. The molecule has 4 rings (SSSR count). The van der Waals surface area contributed by atoms with Gasteiger partial charge in [0.2, 0.25) is 0 Å². The molecule has 1 nitrogen and oxygen atoms in total. The normalized spacial score (nSPS) is 14.3. The summed E-state index contributed by atoms with van der Waals surface area (Å²) in [4.78, 5) is 1.32. The Morgan fingerprint density at radius 3 is 2.65 bits per heavy atom.